The molecule has 7 heteroatoms. The van der Waals surface area contributed by atoms with Crippen LogP contribution >= 0.6 is 0 Å². The second kappa shape index (κ2) is 5.07. The highest BCUT2D eigenvalue weighted by atomic mass is 16.5. The Kier molecular flexibility index (Phi) is 3.50. The van der Waals surface area contributed by atoms with Crippen molar-refractivity contribution in [1.82, 2.24) is 19.7 Å². The van der Waals surface area contributed by atoms with E-state index in [2.05, 4.69) is 15.1 Å². The van der Waals surface area contributed by atoms with Crippen LogP contribution in [0.25, 0.3) is 11.5 Å². The summed E-state index contributed by atoms with van der Waals surface area (Å²) in [5.41, 5.74) is 6.68. The summed E-state index contributed by atoms with van der Waals surface area (Å²) in [6, 6.07) is -0.301. The van der Waals surface area contributed by atoms with Gasteiger partial charge < -0.3 is 19.6 Å². The largest absolute Gasteiger partial charge is 0.385 e. The Labute approximate surface area is 98.6 Å². The maximum absolute atomic E-state index is 5.89. The molecule has 7 nitrogen and oxygen atoms in total. The third-order valence-corrected chi connectivity index (χ3v) is 2.44. The molecule has 0 fully saturated rings. The van der Waals surface area contributed by atoms with Crippen LogP contribution in [0.5, 0.6) is 0 Å². The highest BCUT2D eigenvalue weighted by Gasteiger charge is 2.16. The first kappa shape index (κ1) is 11.7. The topological polar surface area (TPSA) is 92.0 Å². The van der Waals surface area contributed by atoms with E-state index < -0.39 is 0 Å². The van der Waals surface area contributed by atoms with Crippen LogP contribution in [0.3, 0.4) is 0 Å². The fourth-order valence-electron chi connectivity index (χ4n) is 1.43. The molecule has 0 aliphatic heterocycles. The lowest BCUT2D eigenvalue weighted by atomic mass is 10.2. The first-order valence-electron chi connectivity index (χ1n) is 5.27. The molecule has 0 amide bonds. The molecule has 0 radical (unpaired) electrons. The Bertz CT molecular complexity index is 479. The molecular formula is C10H15N5O2. The predicted octanol–water partition coefficient (Wildman–Crippen LogP) is 0.506. The molecule has 2 aromatic heterocycles. The lowest BCUT2D eigenvalue weighted by molar-refractivity contribution is 0.182. The fourth-order valence-corrected chi connectivity index (χ4v) is 1.43. The van der Waals surface area contributed by atoms with E-state index in [1.807, 2.05) is 11.6 Å². The second-order valence-electron chi connectivity index (χ2n) is 3.73. The van der Waals surface area contributed by atoms with Crippen molar-refractivity contribution in [3.05, 3.63) is 18.4 Å². The lowest BCUT2D eigenvalue weighted by Gasteiger charge is -2.04. The van der Waals surface area contributed by atoms with Crippen molar-refractivity contribution in [3.8, 4) is 11.5 Å². The van der Waals surface area contributed by atoms with Gasteiger partial charge in [-0.25, -0.2) is 4.98 Å². The Morgan fingerprint density at radius 1 is 1.59 bits per heavy atom. The third kappa shape index (κ3) is 2.51. The molecule has 2 N–H and O–H groups in total. The standard InChI is InChI=1S/C10H15N5O2/c1-15-6-12-5-8(15)9-13-10(17-14-9)7(11)3-4-16-2/h5-7H,3-4,11H2,1-2H3. The van der Waals surface area contributed by atoms with E-state index in [0.29, 0.717) is 24.7 Å². The van der Waals surface area contributed by atoms with Gasteiger partial charge in [0, 0.05) is 20.8 Å². The summed E-state index contributed by atoms with van der Waals surface area (Å²) in [6.45, 7) is 0.560. The molecular weight excluding hydrogens is 222 g/mol. The van der Waals surface area contributed by atoms with Crippen LogP contribution in [-0.4, -0.2) is 33.4 Å². The molecule has 0 aliphatic carbocycles. The van der Waals surface area contributed by atoms with Gasteiger partial charge in [0.25, 0.3) is 0 Å². The van der Waals surface area contributed by atoms with Crippen LogP contribution in [0.1, 0.15) is 18.4 Å². The summed E-state index contributed by atoms with van der Waals surface area (Å²) in [4.78, 5) is 8.24. The van der Waals surface area contributed by atoms with Crippen molar-refractivity contribution in [2.75, 3.05) is 13.7 Å². The zero-order valence-corrected chi connectivity index (χ0v) is 9.83. The van der Waals surface area contributed by atoms with Crippen molar-refractivity contribution < 1.29 is 9.26 Å². The normalized spacial score (nSPS) is 12.9. The summed E-state index contributed by atoms with van der Waals surface area (Å²) in [5, 5.41) is 3.88. The van der Waals surface area contributed by atoms with Crippen molar-refractivity contribution in [3.63, 3.8) is 0 Å². The van der Waals surface area contributed by atoms with Gasteiger partial charge in [-0.2, -0.15) is 4.98 Å². The molecule has 2 rings (SSSR count). The molecule has 2 aromatic rings. The zero-order chi connectivity index (χ0) is 12.3. The highest BCUT2D eigenvalue weighted by molar-refractivity contribution is 5.47. The molecule has 92 valence electrons. The molecule has 0 saturated heterocycles. The number of ether oxygens (including phenoxy) is 1. The first-order chi connectivity index (χ1) is 8.22. The van der Waals surface area contributed by atoms with E-state index >= 15 is 0 Å². The molecule has 1 unspecified atom stereocenters. The van der Waals surface area contributed by atoms with Crippen LogP contribution in [0.2, 0.25) is 0 Å². The molecule has 0 saturated carbocycles. The molecule has 0 spiro atoms. The summed E-state index contributed by atoms with van der Waals surface area (Å²) >= 11 is 0. The van der Waals surface area contributed by atoms with Crippen LogP contribution in [0.15, 0.2) is 17.0 Å². The number of imidazole rings is 1. The summed E-state index contributed by atoms with van der Waals surface area (Å²) < 4.78 is 11.9. The minimum absolute atomic E-state index is 0.301. The number of nitrogens with two attached hydrogens (primary N) is 1. The van der Waals surface area contributed by atoms with Crippen molar-refractivity contribution >= 4 is 0 Å². The van der Waals surface area contributed by atoms with Crippen LogP contribution in [-0.2, 0) is 11.8 Å². The minimum Gasteiger partial charge on any atom is -0.385 e. The van der Waals surface area contributed by atoms with E-state index in [1.54, 1.807) is 19.6 Å². The molecule has 17 heavy (non-hydrogen) atoms. The number of rotatable bonds is 5. The Morgan fingerprint density at radius 2 is 2.41 bits per heavy atom. The smallest absolute Gasteiger partial charge is 0.244 e. The lowest BCUT2D eigenvalue weighted by Crippen LogP contribution is -2.13. The Hall–Kier alpha value is -1.73. The highest BCUT2D eigenvalue weighted by Crippen LogP contribution is 2.18. The molecule has 0 aliphatic rings. The predicted molar refractivity (Wildman–Crippen MR) is 59.9 cm³/mol. The molecule has 2 heterocycles. The SMILES string of the molecule is COCCC(N)c1nc(-c2cncn2C)no1. The van der Waals surface area contributed by atoms with Gasteiger partial charge in [0.05, 0.1) is 18.6 Å². The number of aromatic nitrogens is 4. The average Bonchev–Trinajstić information content (AvgIpc) is 2.93. The van der Waals surface area contributed by atoms with Gasteiger partial charge in [0.15, 0.2) is 0 Å². The monoisotopic (exact) mass is 237 g/mol. The molecule has 1 atom stereocenters. The van der Waals surface area contributed by atoms with Crippen molar-refractivity contribution in [1.29, 1.82) is 0 Å². The van der Waals surface area contributed by atoms with Gasteiger partial charge in [-0.1, -0.05) is 5.16 Å². The summed E-state index contributed by atoms with van der Waals surface area (Å²) in [7, 11) is 3.49. The van der Waals surface area contributed by atoms with Gasteiger partial charge in [-0.3, -0.25) is 0 Å². The van der Waals surface area contributed by atoms with Gasteiger partial charge >= 0.3 is 0 Å². The van der Waals surface area contributed by atoms with Gasteiger partial charge in [-0.05, 0) is 6.42 Å². The maximum atomic E-state index is 5.89. The van der Waals surface area contributed by atoms with E-state index in [0.717, 1.165) is 5.69 Å². The quantitative estimate of drug-likeness (QED) is 0.814. The van der Waals surface area contributed by atoms with E-state index in [4.69, 9.17) is 15.0 Å². The van der Waals surface area contributed by atoms with Crippen LogP contribution in [0.4, 0.5) is 0 Å². The number of aryl methyl sites for hydroxylation is 1. The van der Waals surface area contributed by atoms with Crippen LogP contribution in [0, 0.1) is 0 Å². The van der Waals surface area contributed by atoms with Gasteiger partial charge in [0.1, 0.15) is 5.69 Å². The van der Waals surface area contributed by atoms with E-state index in [1.165, 1.54) is 0 Å². The second-order valence-corrected chi connectivity index (χ2v) is 3.73. The van der Waals surface area contributed by atoms with Crippen LogP contribution < -0.4 is 5.73 Å². The van der Waals surface area contributed by atoms with Crippen molar-refractivity contribution in [2.45, 2.75) is 12.5 Å². The minimum atomic E-state index is -0.301. The fraction of sp³-hybridized carbons (Fsp3) is 0.500. The van der Waals surface area contributed by atoms with Crippen molar-refractivity contribution in [2.24, 2.45) is 12.8 Å². The third-order valence-electron chi connectivity index (χ3n) is 2.44. The number of methoxy groups -OCH3 is 1. The van der Waals surface area contributed by atoms with E-state index in [-0.39, 0.29) is 6.04 Å². The summed E-state index contributed by atoms with van der Waals surface area (Å²) in [6.07, 6.45) is 4.00. The van der Waals surface area contributed by atoms with Gasteiger partial charge in [0.2, 0.25) is 11.7 Å². The Balaban J connectivity index is 2.13. The first-order valence-corrected chi connectivity index (χ1v) is 5.27. The average molecular weight is 237 g/mol. The zero-order valence-electron chi connectivity index (χ0n) is 9.83. The maximum Gasteiger partial charge on any atom is 0.244 e. The molecule has 0 aromatic carbocycles. The number of hydrogen-bond acceptors (Lipinski definition) is 6. The molecule has 0 bridgehead atoms. The Morgan fingerprint density at radius 3 is 3.06 bits per heavy atom. The number of hydrogen-bond donors (Lipinski definition) is 1. The summed E-state index contributed by atoms with van der Waals surface area (Å²) in [5.74, 6) is 0.908. The van der Waals surface area contributed by atoms with Gasteiger partial charge in [-0.15, -0.1) is 0 Å². The van der Waals surface area contributed by atoms with E-state index in [9.17, 15) is 0 Å². The number of nitrogens with zero attached hydrogens (tertiary/aromatic N) is 4.